The van der Waals surface area contributed by atoms with Crippen LogP contribution in [-0.4, -0.2) is 36.5 Å². The fraction of sp³-hybridized carbons (Fsp3) is 0.533. The molecule has 1 aromatic carbocycles. The maximum absolute atomic E-state index is 12.1. The second-order valence-electron chi connectivity index (χ2n) is 5.12. The molecule has 3 nitrogen and oxygen atoms in total. The fourth-order valence-electron chi connectivity index (χ4n) is 2.45. The van der Waals surface area contributed by atoms with Gasteiger partial charge in [-0.05, 0) is 31.4 Å². The molecule has 1 saturated heterocycles. The van der Waals surface area contributed by atoms with Gasteiger partial charge in [-0.3, -0.25) is 4.79 Å². The first-order valence-electron chi connectivity index (χ1n) is 6.72. The molecule has 0 bridgehead atoms. The van der Waals surface area contributed by atoms with Gasteiger partial charge in [-0.25, -0.2) is 0 Å². The van der Waals surface area contributed by atoms with Crippen LogP contribution in [0.3, 0.4) is 0 Å². The summed E-state index contributed by atoms with van der Waals surface area (Å²) in [6, 6.07) is 8.72. The Morgan fingerprint density at radius 1 is 1.44 bits per heavy atom. The topological polar surface area (TPSA) is 32.3 Å². The smallest absolute Gasteiger partial charge is 0.222 e. The molecular weight excluding hydrogens is 224 g/mol. The fourth-order valence-corrected chi connectivity index (χ4v) is 2.45. The van der Waals surface area contributed by atoms with E-state index < -0.39 is 0 Å². The van der Waals surface area contributed by atoms with Crippen LogP contribution in [-0.2, 0) is 11.2 Å². The number of hydrogen-bond donors (Lipinski definition) is 1. The normalized spacial score (nSPS) is 19.9. The summed E-state index contributed by atoms with van der Waals surface area (Å²) < 4.78 is 0. The highest BCUT2D eigenvalue weighted by Gasteiger charge is 2.19. The van der Waals surface area contributed by atoms with Crippen molar-refractivity contribution in [3.8, 4) is 0 Å². The number of nitrogens with zero attached hydrogens (tertiary/aromatic N) is 1. The standard InChI is InChI=1S/C15H22N2O/c1-12-5-3-4-6-14(12)7-8-15(18)17-10-9-16-13(2)11-17/h3-6,13,16H,7-11H2,1-2H3. The predicted octanol–water partition coefficient (Wildman–Crippen LogP) is 1.75. The van der Waals surface area contributed by atoms with Crippen molar-refractivity contribution in [3.63, 3.8) is 0 Å². The highest BCUT2D eigenvalue weighted by atomic mass is 16.2. The lowest BCUT2D eigenvalue weighted by Crippen LogP contribution is -2.51. The molecule has 18 heavy (non-hydrogen) atoms. The van der Waals surface area contributed by atoms with E-state index in [0.29, 0.717) is 12.5 Å². The van der Waals surface area contributed by atoms with Crippen molar-refractivity contribution in [2.45, 2.75) is 32.7 Å². The summed E-state index contributed by atoms with van der Waals surface area (Å²) in [6.07, 6.45) is 1.47. The van der Waals surface area contributed by atoms with Crippen LogP contribution in [0.25, 0.3) is 0 Å². The molecule has 0 aromatic heterocycles. The van der Waals surface area contributed by atoms with Crippen LogP contribution in [0.4, 0.5) is 0 Å². The van der Waals surface area contributed by atoms with Gasteiger partial charge in [0.1, 0.15) is 0 Å². The van der Waals surface area contributed by atoms with Crippen LogP contribution in [0.5, 0.6) is 0 Å². The minimum Gasteiger partial charge on any atom is -0.340 e. The predicted molar refractivity (Wildman–Crippen MR) is 73.5 cm³/mol. The van der Waals surface area contributed by atoms with Gasteiger partial charge in [0.15, 0.2) is 0 Å². The monoisotopic (exact) mass is 246 g/mol. The summed E-state index contributed by atoms with van der Waals surface area (Å²) in [5, 5.41) is 3.36. The Bertz CT molecular complexity index is 417. The van der Waals surface area contributed by atoms with Crippen LogP contribution < -0.4 is 5.32 Å². The number of piperazine rings is 1. The maximum Gasteiger partial charge on any atom is 0.222 e. The van der Waals surface area contributed by atoms with E-state index in [0.717, 1.165) is 26.1 Å². The summed E-state index contributed by atoms with van der Waals surface area (Å²) >= 11 is 0. The second kappa shape index (κ2) is 6.01. The van der Waals surface area contributed by atoms with Crippen molar-refractivity contribution in [2.24, 2.45) is 0 Å². The van der Waals surface area contributed by atoms with Crippen molar-refractivity contribution >= 4 is 5.91 Å². The quantitative estimate of drug-likeness (QED) is 0.881. The molecule has 2 rings (SSSR count). The molecule has 1 heterocycles. The Labute approximate surface area is 109 Å². The van der Waals surface area contributed by atoms with E-state index >= 15 is 0 Å². The van der Waals surface area contributed by atoms with Crippen LogP contribution in [0.1, 0.15) is 24.5 Å². The number of amides is 1. The Hall–Kier alpha value is -1.35. The highest BCUT2D eigenvalue weighted by molar-refractivity contribution is 5.76. The summed E-state index contributed by atoms with van der Waals surface area (Å²) in [6.45, 7) is 6.83. The molecule has 0 spiro atoms. The van der Waals surface area contributed by atoms with Crippen molar-refractivity contribution in [1.82, 2.24) is 10.2 Å². The van der Waals surface area contributed by atoms with Gasteiger partial charge >= 0.3 is 0 Å². The van der Waals surface area contributed by atoms with E-state index in [-0.39, 0.29) is 5.91 Å². The Morgan fingerprint density at radius 2 is 2.22 bits per heavy atom. The zero-order valence-electron chi connectivity index (χ0n) is 11.3. The van der Waals surface area contributed by atoms with Gasteiger partial charge in [-0.1, -0.05) is 24.3 Å². The van der Waals surface area contributed by atoms with Gasteiger partial charge in [0.25, 0.3) is 0 Å². The third-order valence-corrected chi connectivity index (χ3v) is 3.59. The summed E-state index contributed by atoms with van der Waals surface area (Å²) in [5.74, 6) is 0.284. The minimum atomic E-state index is 0.284. The number of carbonyl (C=O) groups is 1. The van der Waals surface area contributed by atoms with Crippen LogP contribution in [0.2, 0.25) is 0 Å². The average molecular weight is 246 g/mol. The number of carbonyl (C=O) groups excluding carboxylic acids is 1. The third-order valence-electron chi connectivity index (χ3n) is 3.59. The number of nitrogens with one attached hydrogen (secondary N) is 1. The summed E-state index contributed by atoms with van der Waals surface area (Å²) in [4.78, 5) is 14.1. The SMILES string of the molecule is Cc1ccccc1CCC(=O)N1CCNC(C)C1. The number of benzene rings is 1. The van der Waals surface area contributed by atoms with Crippen LogP contribution in [0.15, 0.2) is 24.3 Å². The molecule has 1 fully saturated rings. The maximum atomic E-state index is 12.1. The molecule has 1 aliphatic rings. The van der Waals surface area contributed by atoms with Crippen LogP contribution >= 0.6 is 0 Å². The summed E-state index contributed by atoms with van der Waals surface area (Å²) in [5.41, 5.74) is 2.56. The van der Waals surface area contributed by atoms with Crippen molar-refractivity contribution < 1.29 is 4.79 Å². The van der Waals surface area contributed by atoms with Crippen molar-refractivity contribution in [1.29, 1.82) is 0 Å². The van der Waals surface area contributed by atoms with Gasteiger partial charge < -0.3 is 10.2 Å². The number of rotatable bonds is 3. The van der Waals surface area contributed by atoms with E-state index in [1.807, 2.05) is 17.0 Å². The minimum absolute atomic E-state index is 0.284. The van der Waals surface area contributed by atoms with E-state index in [1.165, 1.54) is 11.1 Å². The lowest BCUT2D eigenvalue weighted by Gasteiger charge is -2.32. The first-order valence-corrected chi connectivity index (χ1v) is 6.72. The van der Waals surface area contributed by atoms with E-state index in [1.54, 1.807) is 0 Å². The molecule has 3 heteroatoms. The Morgan fingerprint density at radius 3 is 2.94 bits per heavy atom. The molecule has 1 N–H and O–H groups in total. The molecule has 1 aliphatic heterocycles. The molecule has 0 radical (unpaired) electrons. The molecule has 98 valence electrons. The second-order valence-corrected chi connectivity index (χ2v) is 5.12. The molecular formula is C15H22N2O. The Kier molecular flexibility index (Phi) is 4.37. The molecule has 0 aliphatic carbocycles. The largest absolute Gasteiger partial charge is 0.340 e. The lowest BCUT2D eigenvalue weighted by molar-refractivity contribution is -0.132. The molecule has 1 aromatic rings. The summed E-state index contributed by atoms with van der Waals surface area (Å²) in [7, 11) is 0. The molecule has 1 amide bonds. The third kappa shape index (κ3) is 3.33. The van der Waals surface area contributed by atoms with Gasteiger partial charge in [0.05, 0.1) is 0 Å². The van der Waals surface area contributed by atoms with Crippen molar-refractivity contribution in [2.75, 3.05) is 19.6 Å². The molecule has 1 unspecified atom stereocenters. The zero-order valence-corrected chi connectivity index (χ0v) is 11.3. The molecule has 1 atom stereocenters. The highest BCUT2D eigenvalue weighted by Crippen LogP contribution is 2.11. The van der Waals surface area contributed by atoms with Gasteiger partial charge in [0.2, 0.25) is 5.91 Å². The van der Waals surface area contributed by atoms with E-state index in [2.05, 4.69) is 31.3 Å². The van der Waals surface area contributed by atoms with Gasteiger partial charge in [0, 0.05) is 32.1 Å². The number of aryl methyl sites for hydroxylation is 2. The molecule has 0 saturated carbocycles. The first-order chi connectivity index (χ1) is 8.66. The lowest BCUT2D eigenvalue weighted by atomic mass is 10.0. The van der Waals surface area contributed by atoms with Crippen molar-refractivity contribution in [3.05, 3.63) is 35.4 Å². The first kappa shape index (κ1) is 13.1. The zero-order chi connectivity index (χ0) is 13.0. The van der Waals surface area contributed by atoms with Crippen LogP contribution in [0, 0.1) is 6.92 Å². The van der Waals surface area contributed by atoms with Gasteiger partial charge in [-0.2, -0.15) is 0 Å². The van der Waals surface area contributed by atoms with E-state index in [4.69, 9.17) is 0 Å². The van der Waals surface area contributed by atoms with E-state index in [9.17, 15) is 4.79 Å². The average Bonchev–Trinajstić information content (AvgIpc) is 2.37. The van der Waals surface area contributed by atoms with Gasteiger partial charge in [-0.15, -0.1) is 0 Å². The Balaban J connectivity index is 1.86. The number of hydrogen-bond acceptors (Lipinski definition) is 2.